The van der Waals surface area contributed by atoms with Gasteiger partial charge in [0.15, 0.2) is 0 Å². The number of allylic oxidation sites excluding steroid dienone is 1. The molecule has 1 heteroatoms. The summed E-state index contributed by atoms with van der Waals surface area (Å²) in [7, 11) is 0. The van der Waals surface area contributed by atoms with Gasteiger partial charge in [-0.15, -0.1) is 6.58 Å². The highest BCUT2D eigenvalue weighted by Crippen LogP contribution is 2.27. The van der Waals surface area contributed by atoms with Gasteiger partial charge in [-0.2, -0.15) is 0 Å². The highest BCUT2D eigenvalue weighted by Gasteiger charge is 2.25. The van der Waals surface area contributed by atoms with Crippen molar-refractivity contribution >= 4 is 5.78 Å². The zero-order valence-electron chi connectivity index (χ0n) is 7.18. The van der Waals surface area contributed by atoms with Gasteiger partial charge in [0.25, 0.3) is 0 Å². The molecule has 0 N–H and O–H groups in total. The third-order valence-electron chi connectivity index (χ3n) is 2.61. The van der Waals surface area contributed by atoms with Crippen LogP contribution in [0.2, 0.25) is 0 Å². The topological polar surface area (TPSA) is 17.1 Å². The molecule has 0 heterocycles. The molecular formula is C10H16O. The maximum Gasteiger partial charge on any atom is 0.136 e. The van der Waals surface area contributed by atoms with E-state index in [2.05, 4.69) is 13.5 Å². The van der Waals surface area contributed by atoms with Gasteiger partial charge in [0.05, 0.1) is 0 Å². The van der Waals surface area contributed by atoms with Gasteiger partial charge < -0.3 is 0 Å². The van der Waals surface area contributed by atoms with Gasteiger partial charge >= 0.3 is 0 Å². The van der Waals surface area contributed by atoms with Crippen molar-refractivity contribution in [3.63, 3.8) is 0 Å². The number of carbonyl (C=O) groups excluding carboxylic acids is 1. The first-order chi connectivity index (χ1) is 5.25. The van der Waals surface area contributed by atoms with E-state index in [0.717, 1.165) is 19.3 Å². The predicted octanol–water partition coefficient (Wildman–Crippen LogP) is 2.57. The van der Waals surface area contributed by atoms with Crippen molar-refractivity contribution in [1.29, 1.82) is 0 Å². The molecule has 2 unspecified atom stereocenters. The second kappa shape index (κ2) is 3.70. The van der Waals surface area contributed by atoms with E-state index in [0.29, 0.717) is 11.7 Å². The van der Waals surface area contributed by atoms with Crippen LogP contribution in [0.3, 0.4) is 0 Å². The van der Waals surface area contributed by atoms with Crippen LogP contribution in [0.1, 0.15) is 32.6 Å². The molecule has 2 atom stereocenters. The second-order valence-corrected chi connectivity index (χ2v) is 3.41. The fourth-order valence-corrected chi connectivity index (χ4v) is 1.73. The number of hydrogen-bond donors (Lipinski definition) is 0. The summed E-state index contributed by atoms with van der Waals surface area (Å²) in [5, 5.41) is 0. The molecule has 0 aromatic heterocycles. The summed E-state index contributed by atoms with van der Waals surface area (Å²) in [5.41, 5.74) is 0. The summed E-state index contributed by atoms with van der Waals surface area (Å²) in [6.07, 6.45) is 6.08. The molecule has 0 aliphatic heterocycles. The number of Topliss-reactive ketones (excluding diaryl/α,β-unsaturated/α-hetero) is 1. The van der Waals surface area contributed by atoms with E-state index in [4.69, 9.17) is 0 Å². The lowest BCUT2D eigenvalue weighted by molar-refractivity contribution is -0.125. The van der Waals surface area contributed by atoms with E-state index >= 15 is 0 Å². The quantitative estimate of drug-likeness (QED) is 0.556. The molecule has 0 spiro atoms. The van der Waals surface area contributed by atoms with Gasteiger partial charge in [0.1, 0.15) is 5.78 Å². The molecule has 0 amide bonds. The first-order valence-electron chi connectivity index (χ1n) is 4.41. The lowest BCUT2D eigenvalue weighted by Crippen LogP contribution is -2.24. The summed E-state index contributed by atoms with van der Waals surface area (Å²) >= 11 is 0. The molecule has 0 bridgehead atoms. The SMILES string of the molecule is C=CC(C)C1CCCCC1=O. The van der Waals surface area contributed by atoms with Crippen LogP contribution in [0.15, 0.2) is 12.7 Å². The van der Waals surface area contributed by atoms with Crippen molar-refractivity contribution in [2.24, 2.45) is 11.8 Å². The highest BCUT2D eigenvalue weighted by atomic mass is 16.1. The third kappa shape index (κ3) is 1.92. The molecule has 11 heavy (non-hydrogen) atoms. The first-order valence-corrected chi connectivity index (χ1v) is 4.41. The lowest BCUT2D eigenvalue weighted by Gasteiger charge is -2.23. The number of hydrogen-bond acceptors (Lipinski definition) is 1. The number of rotatable bonds is 2. The molecule has 1 fully saturated rings. The standard InChI is InChI=1S/C10H16O/c1-3-8(2)9-6-4-5-7-10(9)11/h3,8-9H,1,4-7H2,2H3. The lowest BCUT2D eigenvalue weighted by atomic mass is 9.80. The Bertz CT molecular complexity index is 160. The minimum absolute atomic E-state index is 0.279. The normalized spacial score (nSPS) is 28.1. The largest absolute Gasteiger partial charge is 0.299 e. The predicted molar refractivity (Wildman–Crippen MR) is 46.3 cm³/mol. The Hall–Kier alpha value is -0.590. The smallest absolute Gasteiger partial charge is 0.136 e. The van der Waals surface area contributed by atoms with Crippen molar-refractivity contribution in [1.82, 2.24) is 0 Å². The summed E-state index contributed by atoms with van der Waals surface area (Å²) in [6, 6.07) is 0. The van der Waals surface area contributed by atoms with E-state index in [1.54, 1.807) is 0 Å². The molecule has 0 aromatic carbocycles. The van der Waals surface area contributed by atoms with Crippen molar-refractivity contribution in [2.75, 3.05) is 0 Å². The minimum atomic E-state index is 0.279. The van der Waals surface area contributed by atoms with E-state index in [9.17, 15) is 4.79 Å². The summed E-state index contributed by atoms with van der Waals surface area (Å²) < 4.78 is 0. The van der Waals surface area contributed by atoms with Gasteiger partial charge in [-0.05, 0) is 18.8 Å². The minimum Gasteiger partial charge on any atom is -0.299 e. The molecule has 1 saturated carbocycles. The van der Waals surface area contributed by atoms with Crippen LogP contribution in [-0.4, -0.2) is 5.78 Å². The molecule has 1 aliphatic carbocycles. The second-order valence-electron chi connectivity index (χ2n) is 3.41. The fraction of sp³-hybridized carbons (Fsp3) is 0.700. The van der Waals surface area contributed by atoms with Crippen LogP contribution < -0.4 is 0 Å². The van der Waals surface area contributed by atoms with E-state index in [1.807, 2.05) is 6.08 Å². The first kappa shape index (κ1) is 8.51. The summed E-state index contributed by atoms with van der Waals surface area (Å²) in [4.78, 5) is 11.3. The van der Waals surface area contributed by atoms with Crippen molar-refractivity contribution < 1.29 is 4.79 Å². The fourth-order valence-electron chi connectivity index (χ4n) is 1.73. The Morgan fingerprint density at radius 2 is 2.36 bits per heavy atom. The Balaban J connectivity index is 2.53. The van der Waals surface area contributed by atoms with E-state index in [1.165, 1.54) is 6.42 Å². The zero-order chi connectivity index (χ0) is 8.27. The summed E-state index contributed by atoms with van der Waals surface area (Å²) in [5.74, 6) is 1.10. The van der Waals surface area contributed by atoms with E-state index < -0.39 is 0 Å². The third-order valence-corrected chi connectivity index (χ3v) is 2.61. The number of ketones is 1. The Morgan fingerprint density at radius 3 is 2.91 bits per heavy atom. The van der Waals surface area contributed by atoms with Crippen LogP contribution in [0.4, 0.5) is 0 Å². The van der Waals surface area contributed by atoms with Crippen molar-refractivity contribution in [2.45, 2.75) is 32.6 Å². The molecule has 0 saturated heterocycles. The molecule has 1 aliphatic rings. The molecular weight excluding hydrogens is 136 g/mol. The number of carbonyl (C=O) groups is 1. The van der Waals surface area contributed by atoms with Crippen LogP contribution in [0, 0.1) is 11.8 Å². The summed E-state index contributed by atoms with van der Waals surface area (Å²) in [6.45, 7) is 5.80. The Labute approximate surface area is 68.5 Å². The van der Waals surface area contributed by atoms with Gasteiger partial charge in [-0.25, -0.2) is 0 Å². The molecule has 1 rings (SSSR count). The zero-order valence-corrected chi connectivity index (χ0v) is 7.18. The van der Waals surface area contributed by atoms with Gasteiger partial charge in [0.2, 0.25) is 0 Å². The maximum atomic E-state index is 11.3. The Kier molecular flexibility index (Phi) is 2.86. The average molecular weight is 152 g/mol. The maximum absolute atomic E-state index is 11.3. The van der Waals surface area contributed by atoms with E-state index in [-0.39, 0.29) is 5.92 Å². The van der Waals surface area contributed by atoms with Crippen LogP contribution in [0.25, 0.3) is 0 Å². The molecule has 0 aromatic rings. The van der Waals surface area contributed by atoms with Crippen molar-refractivity contribution in [3.8, 4) is 0 Å². The molecule has 62 valence electrons. The van der Waals surface area contributed by atoms with Crippen LogP contribution in [-0.2, 0) is 4.79 Å². The van der Waals surface area contributed by atoms with Gasteiger partial charge in [-0.3, -0.25) is 4.79 Å². The molecule has 0 radical (unpaired) electrons. The van der Waals surface area contributed by atoms with Crippen molar-refractivity contribution in [3.05, 3.63) is 12.7 Å². The highest BCUT2D eigenvalue weighted by molar-refractivity contribution is 5.82. The van der Waals surface area contributed by atoms with Crippen LogP contribution in [0.5, 0.6) is 0 Å². The van der Waals surface area contributed by atoms with Crippen LogP contribution >= 0.6 is 0 Å². The Morgan fingerprint density at radius 1 is 1.64 bits per heavy atom. The van der Waals surface area contributed by atoms with Gasteiger partial charge in [0, 0.05) is 12.3 Å². The molecule has 1 nitrogen and oxygen atoms in total. The monoisotopic (exact) mass is 152 g/mol. The average Bonchev–Trinajstić information content (AvgIpc) is 2.04. The van der Waals surface area contributed by atoms with Gasteiger partial charge in [-0.1, -0.05) is 19.4 Å².